The number of sulfone groups is 1. The molecular formula is C17H17NO4S. The van der Waals surface area contributed by atoms with Crippen molar-refractivity contribution in [1.82, 2.24) is 0 Å². The minimum atomic E-state index is -3.24. The van der Waals surface area contributed by atoms with Gasteiger partial charge >= 0.3 is 0 Å². The van der Waals surface area contributed by atoms with Gasteiger partial charge in [-0.05, 0) is 50.2 Å². The average Bonchev–Trinajstić information content (AvgIpc) is 2.45. The monoisotopic (exact) mass is 331 g/mol. The first-order chi connectivity index (χ1) is 10.8. The zero-order chi connectivity index (χ0) is 17.0. The van der Waals surface area contributed by atoms with Crippen LogP contribution in [-0.2, 0) is 9.84 Å². The van der Waals surface area contributed by atoms with Crippen molar-refractivity contribution in [1.29, 1.82) is 5.26 Å². The molecule has 0 spiro atoms. The molecule has 0 bridgehead atoms. The van der Waals surface area contributed by atoms with E-state index in [1.807, 2.05) is 13.8 Å². The van der Waals surface area contributed by atoms with Crippen molar-refractivity contribution in [2.24, 2.45) is 0 Å². The molecule has 0 saturated heterocycles. The van der Waals surface area contributed by atoms with Crippen molar-refractivity contribution in [3.63, 3.8) is 0 Å². The quantitative estimate of drug-likeness (QED) is 0.837. The summed E-state index contributed by atoms with van der Waals surface area (Å²) in [5.41, 5.74) is 0.422. The third-order valence-electron chi connectivity index (χ3n) is 2.87. The van der Waals surface area contributed by atoms with Gasteiger partial charge in [-0.3, -0.25) is 0 Å². The van der Waals surface area contributed by atoms with Gasteiger partial charge in [-0.25, -0.2) is 8.42 Å². The Bertz CT molecular complexity index is 834. The first-order valence-electron chi connectivity index (χ1n) is 6.98. The smallest absolute Gasteiger partial charge is 0.175 e. The molecule has 120 valence electrons. The summed E-state index contributed by atoms with van der Waals surface area (Å²) in [4.78, 5) is 0.222. The molecule has 0 unspecified atom stereocenters. The number of benzene rings is 2. The second kappa shape index (κ2) is 6.71. The van der Waals surface area contributed by atoms with Crippen molar-refractivity contribution < 1.29 is 17.9 Å². The molecular weight excluding hydrogens is 314 g/mol. The van der Waals surface area contributed by atoms with E-state index in [4.69, 9.17) is 14.7 Å². The van der Waals surface area contributed by atoms with E-state index in [1.165, 1.54) is 12.1 Å². The third kappa shape index (κ3) is 4.73. The van der Waals surface area contributed by atoms with Gasteiger partial charge in [0.2, 0.25) is 0 Å². The molecule has 0 heterocycles. The lowest BCUT2D eigenvalue weighted by molar-refractivity contribution is 0.241. The molecule has 0 fully saturated rings. The molecule has 0 aliphatic carbocycles. The number of nitriles is 1. The maximum atomic E-state index is 11.4. The summed E-state index contributed by atoms with van der Waals surface area (Å²) >= 11 is 0. The lowest BCUT2D eigenvalue weighted by Crippen LogP contribution is -2.05. The Hall–Kier alpha value is -2.52. The molecule has 2 aromatic carbocycles. The topological polar surface area (TPSA) is 76.4 Å². The van der Waals surface area contributed by atoms with Crippen LogP contribution in [0.2, 0.25) is 0 Å². The summed E-state index contributed by atoms with van der Waals surface area (Å²) in [6.45, 7) is 3.78. The Morgan fingerprint density at radius 2 is 1.61 bits per heavy atom. The molecule has 2 aromatic rings. The summed E-state index contributed by atoms with van der Waals surface area (Å²) in [5, 5.41) is 9.08. The normalized spacial score (nSPS) is 11.1. The van der Waals surface area contributed by atoms with Crippen LogP contribution in [0.25, 0.3) is 0 Å². The molecule has 0 N–H and O–H groups in total. The minimum Gasteiger partial charge on any atom is -0.491 e. The Morgan fingerprint density at radius 1 is 1.00 bits per heavy atom. The summed E-state index contributed by atoms with van der Waals surface area (Å²) in [5.74, 6) is 1.47. The van der Waals surface area contributed by atoms with Crippen LogP contribution < -0.4 is 9.47 Å². The van der Waals surface area contributed by atoms with Crippen molar-refractivity contribution in [2.75, 3.05) is 6.26 Å². The van der Waals surface area contributed by atoms with E-state index in [2.05, 4.69) is 6.07 Å². The molecule has 0 aliphatic rings. The highest BCUT2D eigenvalue weighted by molar-refractivity contribution is 7.90. The molecule has 0 saturated carbocycles. The second-order valence-electron chi connectivity index (χ2n) is 5.32. The van der Waals surface area contributed by atoms with Gasteiger partial charge in [0.15, 0.2) is 9.84 Å². The predicted octanol–water partition coefficient (Wildman–Crippen LogP) is 3.54. The minimum absolute atomic E-state index is 0.0224. The summed E-state index contributed by atoms with van der Waals surface area (Å²) in [6, 6.07) is 13.1. The maximum absolute atomic E-state index is 11.4. The van der Waals surface area contributed by atoms with Crippen LogP contribution in [0.1, 0.15) is 19.4 Å². The Balaban J connectivity index is 2.27. The van der Waals surface area contributed by atoms with E-state index < -0.39 is 9.84 Å². The third-order valence-corrected chi connectivity index (χ3v) is 4.00. The molecule has 0 aromatic heterocycles. The standard InChI is InChI=1S/C17H17NO4S/c1-12(2)21-15-8-13(11-18)9-16(10-15)22-14-4-6-17(7-5-14)23(3,19)20/h4-10,12H,1-3H3. The zero-order valence-corrected chi connectivity index (χ0v) is 13.9. The summed E-state index contributed by atoms with van der Waals surface area (Å²) in [6.07, 6.45) is 1.13. The van der Waals surface area contributed by atoms with E-state index >= 15 is 0 Å². The highest BCUT2D eigenvalue weighted by Crippen LogP contribution is 2.28. The highest BCUT2D eigenvalue weighted by Gasteiger charge is 2.09. The number of nitrogens with zero attached hydrogens (tertiary/aromatic N) is 1. The second-order valence-corrected chi connectivity index (χ2v) is 7.33. The van der Waals surface area contributed by atoms with Crippen LogP contribution in [-0.4, -0.2) is 20.8 Å². The van der Waals surface area contributed by atoms with Gasteiger partial charge in [0.05, 0.1) is 22.6 Å². The fourth-order valence-electron chi connectivity index (χ4n) is 1.93. The molecule has 23 heavy (non-hydrogen) atoms. The maximum Gasteiger partial charge on any atom is 0.175 e. The number of ether oxygens (including phenoxy) is 2. The van der Waals surface area contributed by atoms with Gasteiger partial charge < -0.3 is 9.47 Å². The van der Waals surface area contributed by atoms with Crippen molar-refractivity contribution in [2.45, 2.75) is 24.8 Å². The van der Waals surface area contributed by atoms with Crippen molar-refractivity contribution in [3.8, 4) is 23.3 Å². The van der Waals surface area contributed by atoms with Crippen LogP contribution in [0.5, 0.6) is 17.2 Å². The fraction of sp³-hybridized carbons (Fsp3) is 0.235. The Morgan fingerprint density at radius 3 is 2.13 bits per heavy atom. The first kappa shape index (κ1) is 16.8. The Kier molecular flexibility index (Phi) is 4.92. The first-order valence-corrected chi connectivity index (χ1v) is 8.87. The van der Waals surface area contributed by atoms with E-state index in [-0.39, 0.29) is 11.0 Å². The van der Waals surface area contributed by atoms with Gasteiger partial charge in [0.25, 0.3) is 0 Å². The average molecular weight is 331 g/mol. The van der Waals surface area contributed by atoms with Crippen molar-refractivity contribution >= 4 is 9.84 Å². The van der Waals surface area contributed by atoms with Crippen LogP contribution >= 0.6 is 0 Å². The predicted molar refractivity (Wildman–Crippen MR) is 86.5 cm³/mol. The number of hydrogen-bond donors (Lipinski definition) is 0. The van der Waals surface area contributed by atoms with E-state index in [0.29, 0.717) is 22.8 Å². The molecule has 0 aliphatic heterocycles. The zero-order valence-electron chi connectivity index (χ0n) is 13.1. The lowest BCUT2D eigenvalue weighted by atomic mass is 10.2. The van der Waals surface area contributed by atoms with Gasteiger partial charge in [0.1, 0.15) is 17.2 Å². The van der Waals surface area contributed by atoms with Gasteiger partial charge in [-0.15, -0.1) is 0 Å². The molecule has 2 rings (SSSR count). The molecule has 0 atom stereocenters. The van der Waals surface area contributed by atoms with Crippen LogP contribution in [0.4, 0.5) is 0 Å². The van der Waals surface area contributed by atoms with Crippen molar-refractivity contribution in [3.05, 3.63) is 48.0 Å². The van der Waals surface area contributed by atoms with Crippen LogP contribution in [0.3, 0.4) is 0 Å². The SMILES string of the molecule is CC(C)Oc1cc(C#N)cc(Oc2ccc(S(C)(=O)=O)cc2)c1. The lowest BCUT2D eigenvalue weighted by Gasteiger charge is -2.12. The Labute approximate surface area is 136 Å². The molecule has 5 nitrogen and oxygen atoms in total. The molecule has 0 amide bonds. The van der Waals surface area contributed by atoms with E-state index in [1.54, 1.807) is 30.3 Å². The van der Waals surface area contributed by atoms with Gasteiger partial charge in [-0.2, -0.15) is 5.26 Å². The van der Waals surface area contributed by atoms with E-state index in [0.717, 1.165) is 6.26 Å². The highest BCUT2D eigenvalue weighted by atomic mass is 32.2. The van der Waals surface area contributed by atoms with E-state index in [9.17, 15) is 8.42 Å². The molecule has 0 radical (unpaired) electrons. The molecule has 6 heteroatoms. The number of hydrogen-bond acceptors (Lipinski definition) is 5. The van der Waals surface area contributed by atoms with Gasteiger partial charge in [0, 0.05) is 12.3 Å². The van der Waals surface area contributed by atoms with Gasteiger partial charge in [-0.1, -0.05) is 0 Å². The number of rotatable bonds is 5. The summed E-state index contributed by atoms with van der Waals surface area (Å²) in [7, 11) is -3.24. The van der Waals surface area contributed by atoms with Crippen LogP contribution in [0.15, 0.2) is 47.4 Å². The van der Waals surface area contributed by atoms with Crippen LogP contribution in [0, 0.1) is 11.3 Å². The largest absolute Gasteiger partial charge is 0.491 e. The summed E-state index contributed by atoms with van der Waals surface area (Å²) < 4.78 is 34.2. The fourth-order valence-corrected chi connectivity index (χ4v) is 2.56.